The average Bonchev–Trinajstić information content (AvgIpc) is 2.78. The number of carbonyl (C=O) groups is 1. The van der Waals surface area contributed by atoms with E-state index < -0.39 is 0 Å². The van der Waals surface area contributed by atoms with Crippen LogP contribution in [0.15, 0.2) is 78.9 Å². The van der Waals surface area contributed by atoms with E-state index in [4.69, 9.17) is 9.47 Å². The molecule has 2 N–H and O–H groups in total. The third-order valence-electron chi connectivity index (χ3n) is 4.44. The number of nitrogens with one attached hydrogen (secondary N) is 2. The monoisotopic (exact) mass is 404 g/mol. The number of hydrogen-bond acceptors (Lipinski definition) is 4. The second-order valence-corrected chi connectivity index (χ2v) is 6.93. The Hall–Kier alpha value is -3.47. The van der Waals surface area contributed by atoms with Gasteiger partial charge in [0, 0.05) is 17.4 Å². The first-order valence-corrected chi connectivity index (χ1v) is 10.3. The second kappa shape index (κ2) is 11.5. The molecule has 0 aliphatic heterocycles. The quantitative estimate of drug-likeness (QED) is 0.415. The molecule has 0 saturated heterocycles. The van der Waals surface area contributed by atoms with Gasteiger partial charge in [-0.1, -0.05) is 49.7 Å². The molecular formula is C25H28N2O3. The number of unbranched alkanes of at least 4 members (excludes halogenated alkanes) is 1. The summed E-state index contributed by atoms with van der Waals surface area (Å²) < 4.78 is 11.5. The van der Waals surface area contributed by atoms with E-state index in [1.807, 2.05) is 78.9 Å². The summed E-state index contributed by atoms with van der Waals surface area (Å²) in [5.41, 5.74) is 2.66. The molecule has 0 aromatic heterocycles. The van der Waals surface area contributed by atoms with Crippen LogP contribution in [-0.2, 0) is 11.4 Å². The topological polar surface area (TPSA) is 59.6 Å². The van der Waals surface area contributed by atoms with Gasteiger partial charge in [0.1, 0.15) is 18.1 Å². The molecule has 3 rings (SSSR count). The molecule has 0 fully saturated rings. The number of ether oxygens (including phenoxy) is 2. The maximum absolute atomic E-state index is 12.3. The van der Waals surface area contributed by atoms with Crippen LogP contribution < -0.4 is 20.1 Å². The number of anilines is 2. The van der Waals surface area contributed by atoms with Crippen molar-refractivity contribution in [3.8, 4) is 11.5 Å². The SMILES string of the molecule is CCCCOc1ccc(NCC(=O)Nc2cccc(OCc3ccccc3)c2)cc1. The van der Waals surface area contributed by atoms with E-state index in [0.29, 0.717) is 18.0 Å². The van der Waals surface area contributed by atoms with E-state index in [1.54, 1.807) is 0 Å². The van der Waals surface area contributed by atoms with Crippen LogP contribution in [0, 0.1) is 0 Å². The molecule has 1 amide bonds. The lowest BCUT2D eigenvalue weighted by molar-refractivity contribution is -0.114. The minimum atomic E-state index is -0.126. The zero-order chi connectivity index (χ0) is 21.0. The molecule has 0 radical (unpaired) electrons. The Kier molecular flexibility index (Phi) is 8.15. The molecule has 156 valence electrons. The Morgan fingerprint density at radius 2 is 1.63 bits per heavy atom. The summed E-state index contributed by atoms with van der Waals surface area (Å²) in [4.78, 5) is 12.3. The van der Waals surface area contributed by atoms with Gasteiger partial charge in [0.05, 0.1) is 13.2 Å². The second-order valence-electron chi connectivity index (χ2n) is 6.93. The lowest BCUT2D eigenvalue weighted by atomic mass is 10.2. The van der Waals surface area contributed by atoms with Crippen molar-refractivity contribution in [2.45, 2.75) is 26.4 Å². The first-order chi connectivity index (χ1) is 14.7. The van der Waals surface area contributed by atoms with Crippen molar-refractivity contribution in [3.63, 3.8) is 0 Å². The third kappa shape index (κ3) is 7.17. The van der Waals surface area contributed by atoms with Gasteiger partial charge in [-0.05, 0) is 48.4 Å². The van der Waals surface area contributed by atoms with Crippen molar-refractivity contribution in [2.75, 3.05) is 23.8 Å². The molecule has 5 nitrogen and oxygen atoms in total. The van der Waals surface area contributed by atoms with Crippen LogP contribution in [0.3, 0.4) is 0 Å². The van der Waals surface area contributed by atoms with Gasteiger partial charge in [0.2, 0.25) is 5.91 Å². The van der Waals surface area contributed by atoms with Crippen LogP contribution >= 0.6 is 0 Å². The molecule has 0 heterocycles. The highest BCUT2D eigenvalue weighted by atomic mass is 16.5. The number of rotatable bonds is 11. The van der Waals surface area contributed by atoms with E-state index in [0.717, 1.165) is 36.4 Å². The maximum atomic E-state index is 12.3. The average molecular weight is 405 g/mol. The predicted octanol–water partition coefficient (Wildman–Crippen LogP) is 5.50. The minimum absolute atomic E-state index is 0.126. The Balaban J connectivity index is 1.44. The van der Waals surface area contributed by atoms with Crippen LogP contribution in [0.25, 0.3) is 0 Å². The van der Waals surface area contributed by atoms with Gasteiger partial charge >= 0.3 is 0 Å². The summed E-state index contributed by atoms with van der Waals surface area (Å²) in [7, 11) is 0. The normalized spacial score (nSPS) is 10.3. The number of benzene rings is 3. The summed E-state index contributed by atoms with van der Waals surface area (Å²) in [6, 6.07) is 25.0. The maximum Gasteiger partial charge on any atom is 0.243 e. The fourth-order valence-electron chi connectivity index (χ4n) is 2.80. The highest BCUT2D eigenvalue weighted by Crippen LogP contribution is 2.19. The summed E-state index contributed by atoms with van der Waals surface area (Å²) in [6.45, 7) is 3.51. The zero-order valence-corrected chi connectivity index (χ0v) is 17.3. The van der Waals surface area contributed by atoms with Gasteiger partial charge in [-0.2, -0.15) is 0 Å². The largest absolute Gasteiger partial charge is 0.494 e. The van der Waals surface area contributed by atoms with E-state index in [1.165, 1.54) is 0 Å². The van der Waals surface area contributed by atoms with Gasteiger partial charge in [-0.3, -0.25) is 4.79 Å². The summed E-state index contributed by atoms with van der Waals surface area (Å²) in [5, 5.41) is 6.01. The van der Waals surface area contributed by atoms with E-state index in [2.05, 4.69) is 17.6 Å². The minimum Gasteiger partial charge on any atom is -0.494 e. The van der Waals surface area contributed by atoms with Crippen molar-refractivity contribution < 1.29 is 14.3 Å². The van der Waals surface area contributed by atoms with Crippen LogP contribution in [0.2, 0.25) is 0 Å². The van der Waals surface area contributed by atoms with Gasteiger partial charge in [0.25, 0.3) is 0 Å². The summed E-state index contributed by atoms with van der Waals surface area (Å²) in [6.07, 6.45) is 2.15. The van der Waals surface area contributed by atoms with Gasteiger partial charge < -0.3 is 20.1 Å². The lowest BCUT2D eigenvalue weighted by Crippen LogP contribution is -2.21. The number of amides is 1. The molecule has 0 aliphatic rings. The van der Waals surface area contributed by atoms with Crippen LogP contribution in [0.5, 0.6) is 11.5 Å². The fourth-order valence-corrected chi connectivity index (χ4v) is 2.80. The van der Waals surface area contributed by atoms with Crippen molar-refractivity contribution in [3.05, 3.63) is 84.4 Å². The molecule has 0 saturated carbocycles. The summed E-state index contributed by atoms with van der Waals surface area (Å²) >= 11 is 0. The van der Waals surface area contributed by atoms with Crippen LogP contribution in [0.1, 0.15) is 25.3 Å². The fraction of sp³-hybridized carbons (Fsp3) is 0.240. The zero-order valence-electron chi connectivity index (χ0n) is 17.3. The molecule has 0 atom stereocenters. The van der Waals surface area contributed by atoms with Gasteiger partial charge in [0.15, 0.2) is 0 Å². The van der Waals surface area contributed by atoms with Gasteiger partial charge in [-0.25, -0.2) is 0 Å². The molecule has 0 spiro atoms. The standard InChI is InChI=1S/C25H28N2O3/c1-2-3-16-29-23-14-12-21(13-15-23)26-18-25(28)27-22-10-7-11-24(17-22)30-19-20-8-5-4-6-9-20/h4-15,17,26H,2-3,16,18-19H2,1H3,(H,27,28). The molecule has 3 aromatic rings. The molecule has 0 unspecified atom stereocenters. The number of hydrogen-bond donors (Lipinski definition) is 2. The molecule has 0 aliphatic carbocycles. The van der Waals surface area contributed by atoms with Crippen molar-refractivity contribution >= 4 is 17.3 Å². The van der Waals surface area contributed by atoms with Crippen LogP contribution in [-0.4, -0.2) is 19.1 Å². The van der Waals surface area contributed by atoms with Crippen LogP contribution in [0.4, 0.5) is 11.4 Å². The van der Waals surface area contributed by atoms with E-state index >= 15 is 0 Å². The van der Waals surface area contributed by atoms with E-state index in [9.17, 15) is 4.79 Å². The molecule has 30 heavy (non-hydrogen) atoms. The Bertz CT molecular complexity index is 911. The first-order valence-electron chi connectivity index (χ1n) is 10.3. The molecule has 5 heteroatoms. The third-order valence-corrected chi connectivity index (χ3v) is 4.44. The van der Waals surface area contributed by atoms with Crippen molar-refractivity contribution in [1.29, 1.82) is 0 Å². The Morgan fingerprint density at radius 3 is 2.40 bits per heavy atom. The highest BCUT2D eigenvalue weighted by molar-refractivity contribution is 5.93. The van der Waals surface area contributed by atoms with Crippen molar-refractivity contribution in [1.82, 2.24) is 0 Å². The molecule has 3 aromatic carbocycles. The molecule has 0 bridgehead atoms. The number of carbonyl (C=O) groups excluding carboxylic acids is 1. The molecular weight excluding hydrogens is 376 g/mol. The van der Waals surface area contributed by atoms with Crippen molar-refractivity contribution in [2.24, 2.45) is 0 Å². The van der Waals surface area contributed by atoms with Gasteiger partial charge in [-0.15, -0.1) is 0 Å². The predicted molar refractivity (Wildman–Crippen MR) is 121 cm³/mol. The summed E-state index contributed by atoms with van der Waals surface area (Å²) in [5.74, 6) is 1.42. The van der Waals surface area contributed by atoms with E-state index in [-0.39, 0.29) is 12.5 Å². The first kappa shape index (κ1) is 21.2. The lowest BCUT2D eigenvalue weighted by Gasteiger charge is -2.11. The smallest absolute Gasteiger partial charge is 0.243 e. The highest BCUT2D eigenvalue weighted by Gasteiger charge is 2.04. The Labute approximate surface area is 178 Å². The Morgan fingerprint density at radius 1 is 0.833 bits per heavy atom.